The number of ether oxygens (including phenoxy) is 3. The lowest BCUT2D eigenvalue weighted by Crippen LogP contribution is -2.35. The average Bonchev–Trinajstić information content (AvgIpc) is 2.97. The summed E-state index contributed by atoms with van der Waals surface area (Å²) in [6.07, 6.45) is 0.545. The predicted molar refractivity (Wildman–Crippen MR) is 113 cm³/mol. The molecule has 2 aromatic rings. The number of carbonyl (C=O) groups excluding carboxylic acids is 3. The lowest BCUT2D eigenvalue weighted by Gasteiger charge is -2.17. The van der Waals surface area contributed by atoms with Gasteiger partial charge in [0, 0.05) is 18.6 Å². The zero-order valence-corrected chi connectivity index (χ0v) is 17.3. The van der Waals surface area contributed by atoms with Gasteiger partial charge in [0.15, 0.2) is 18.1 Å². The molecule has 2 aromatic carbocycles. The van der Waals surface area contributed by atoms with E-state index in [0.29, 0.717) is 36.0 Å². The van der Waals surface area contributed by atoms with Crippen LogP contribution in [-0.4, -0.2) is 37.7 Å². The number of hydrogen-bond acceptors (Lipinski definition) is 6. The normalized spacial score (nSPS) is 13.5. The SMILES string of the molecule is NC(=O)NC(CC(=O)OCC(=O)Nc1cc2c(cc1Cl)OCCCO2)c1ccccc1. The van der Waals surface area contributed by atoms with Crippen molar-refractivity contribution in [2.24, 2.45) is 5.73 Å². The summed E-state index contributed by atoms with van der Waals surface area (Å²) in [6.45, 7) is 0.475. The zero-order chi connectivity index (χ0) is 22.2. The van der Waals surface area contributed by atoms with Crippen molar-refractivity contribution in [3.05, 3.63) is 53.1 Å². The number of nitrogens with two attached hydrogens (primary N) is 1. The van der Waals surface area contributed by atoms with E-state index in [1.54, 1.807) is 42.5 Å². The largest absolute Gasteiger partial charge is 0.490 e. The molecular formula is C21H22ClN3O6. The summed E-state index contributed by atoms with van der Waals surface area (Å²) in [5.74, 6) is -0.287. The number of carbonyl (C=O) groups is 3. The number of rotatable bonds is 7. The molecule has 9 nitrogen and oxygen atoms in total. The summed E-state index contributed by atoms with van der Waals surface area (Å²) in [4.78, 5) is 35.7. The van der Waals surface area contributed by atoms with Gasteiger partial charge >= 0.3 is 12.0 Å². The topological polar surface area (TPSA) is 129 Å². The number of halogens is 1. The van der Waals surface area contributed by atoms with Crippen LogP contribution in [0.2, 0.25) is 5.02 Å². The minimum absolute atomic E-state index is 0.189. The number of anilines is 1. The number of urea groups is 1. The van der Waals surface area contributed by atoms with Gasteiger partial charge in [-0.1, -0.05) is 41.9 Å². The minimum atomic E-state index is -0.775. The van der Waals surface area contributed by atoms with Crippen LogP contribution in [0.5, 0.6) is 11.5 Å². The number of esters is 1. The molecule has 0 saturated carbocycles. The van der Waals surface area contributed by atoms with Gasteiger partial charge in [0.1, 0.15) is 0 Å². The average molecular weight is 448 g/mol. The molecule has 0 bridgehead atoms. The lowest BCUT2D eigenvalue weighted by atomic mass is 10.0. The highest BCUT2D eigenvalue weighted by molar-refractivity contribution is 6.34. The molecule has 0 aromatic heterocycles. The van der Waals surface area contributed by atoms with Crippen LogP contribution in [0.1, 0.15) is 24.4 Å². The molecule has 0 aliphatic carbocycles. The molecule has 1 aliphatic heterocycles. The van der Waals surface area contributed by atoms with E-state index < -0.39 is 30.6 Å². The van der Waals surface area contributed by atoms with E-state index in [1.165, 1.54) is 0 Å². The smallest absolute Gasteiger partial charge is 0.312 e. The number of nitrogens with one attached hydrogen (secondary N) is 2. The van der Waals surface area contributed by atoms with E-state index >= 15 is 0 Å². The Morgan fingerprint density at radius 3 is 2.45 bits per heavy atom. The van der Waals surface area contributed by atoms with Crippen LogP contribution in [0.4, 0.5) is 10.5 Å². The fourth-order valence-electron chi connectivity index (χ4n) is 2.95. The van der Waals surface area contributed by atoms with E-state index in [1.807, 2.05) is 0 Å². The molecule has 3 rings (SSSR count). The predicted octanol–water partition coefficient (Wildman–Crippen LogP) is 2.78. The van der Waals surface area contributed by atoms with Crippen LogP contribution in [0.25, 0.3) is 0 Å². The Morgan fingerprint density at radius 1 is 1.10 bits per heavy atom. The lowest BCUT2D eigenvalue weighted by molar-refractivity contribution is -0.147. The number of benzene rings is 2. The van der Waals surface area contributed by atoms with Crippen molar-refractivity contribution in [3.8, 4) is 11.5 Å². The van der Waals surface area contributed by atoms with Gasteiger partial charge in [-0.25, -0.2) is 4.79 Å². The Hall–Kier alpha value is -3.46. The summed E-state index contributed by atoms with van der Waals surface area (Å²) in [5, 5.41) is 5.33. The first kappa shape index (κ1) is 22.2. The number of hydrogen-bond donors (Lipinski definition) is 3. The number of primary amides is 1. The summed E-state index contributed by atoms with van der Waals surface area (Å²) < 4.78 is 16.2. The molecule has 31 heavy (non-hydrogen) atoms. The fourth-order valence-corrected chi connectivity index (χ4v) is 3.15. The standard InChI is InChI=1S/C21H22ClN3O6/c22-14-9-17-18(30-8-4-7-29-17)10-16(14)24-19(26)12-31-20(27)11-15(25-21(23)28)13-5-2-1-3-6-13/h1-3,5-6,9-10,15H,4,7-8,11-12H2,(H,24,26)(H3,23,25,28). The summed E-state index contributed by atoms with van der Waals surface area (Å²) in [7, 11) is 0. The Kier molecular flexibility index (Phi) is 7.55. The number of amides is 3. The quantitative estimate of drug-likeness (QED) is 0.560. The molecule has 3 amide bonds. The molecule has 4 N–H and O–H groups in total. The third kappa shape index (κ3) is 6.51. The van der Waals surface area contributed by atoms with Crippen molar-refractivity contribution in [2.75, 3.05) is 25.1 Å². The monoisotopic (exact) mass is 447 g/mol. The highest BCUT2D eigenvalue weighted by Crippen LogP contribution is 2.37. The van der Waals surface area contributed by atoms with Gasteiger partial charge in [0.05, 0.1) is 36.4 Å². The van der Waals surface area contributed by atoms with E-state index in [0.717, 1.165) is 6.42 Å². The first-order valence-corrected chi connectivity index (χ1v) is 9.95. The molecule has 1 aliphatic rings. The molecule has 1 atom stereocenters. The summed E-state index contributed by atoms with van der Waals surface area (Å²) in [5.41, 5.74) is 6.18. The fraction of sp³-hybridized carbons (Fsp3) is 0.286. The second-order valence-electron chi connectivity index (χ2n) is 6.71. The first-order valence-electron chi connectivity index (χ1n) is 9.58. The van der Waals surface area contributed by atoms with Crippen LogP contribution in [-0.2, 0) is 14.3 Å². The Labute approximate surface area is 183 Å². The van der Waals surface area contributed by atoms with Crippen LogP contribution >= 0.6 is 11.6 Å². The van der Waals surface area contributed by atoms with Gasteiger partial charge < -0.3 is 30.6 Å². The highest BCUT2D eigenvalue weighted by atomic mass is 35.5. The van der Waals surface area contributed by atoms with Crippen LogP contribution in [0, 0.1) is 0 Å². The summed E-state index contributed by atoms with van der Waals surface area (Å²) in [6, 6.07) is 10.5. The van der Waals surface area contributed by atoms with Gasteiger partial charge in [0.2, 0.25) is 0 Å². The zero-order valence-electron chi connectivity index (χ0n) is 16.6. The minimum Gasteiger partial charge on any atom is -0.490 e. The van der Waals surface area contributed by atoms with Crippen molar-refractivity contribution in [1.82, 2.24) is 5.32 Å². The van der Waals surface area contributed by atoms with Gasteiger partial charge in [0.25, 0.3) is 5.91 Å². The molecule has 1 unspecified atom stereocenters. The van der Waals surface area contributed by atoms with Crippen molar-refractivity contribution in [1.29, 1.82) is 0 Å². The van der Waals surface area contributed by atoms with Crippen molar-refractivity contribution in [2.45, 2.75) is 18.9 Å². The molecule has 1 heterocycles. The van der Waals surface area contributed by atoms with Gasteiger partial charge in [-0.15, -0.1) is 0 Å². The van der Waals surface area contributed by atoms with E-state index in [2.05, 4.69) is 10.6 Å². The summed E-state index contributed by atoms with van der Waals surface area (Å²) >= 11 is 6.20. The maximum Gasteiger partial charge on any atom is 0.312 e. The maximum atomic E-state index is 12.2. The Balaban J connectivity index is 1.56. The van der Waals surface area contributed by atoms with Gasteiger partial charge in [-0.2, -0.15) is 0 Å². The third-order valence-corrected chi connectivity index (χ3v) is 4.68. The van der Waals surface area contributed by atoms with Crippen molar-refractivity contribution in [3.63, 3.8) is 0 Å². The van der Waals surface area contributed by atoms with Gasteiger partial charge in [-0.05, 0) is 5.56 Å². The molecular weight excluding hydrogens is 426 g/mol. The van der Waals surface area contributed by atoms with Gasteiger partial charge in [-0.3, -0.25) is 9.59 Å². The highest BCUT2D eigenvalue weighted by Gasteiger charge is 2.20. The third-order valence-electron chi connectivity index (χ3n) is 4.36. The van der Waals surface area contributed by atoms with Crippen LogP contribution < -0.4 is 25.8 Å². The van der Waals surface area contributed by atoms with E-state index in [9.17, 15) is 14.4 Å². The number of fused-ring (bicyclic) bond motifs is 1. The maximum absolute atomic E-state index is 12.2. The molecule has 164 valence electrons. The van der Waals surface area contributed by atoms with E-state index in [-0.39, 0.29) is 11.4 Å². The molecule has 0 spiro atoms. The molecule has 0 saturated heterocycles. The Bertz CT molecular complexity index is 954. The first-order chi connectivity index (χ1) is 14.9. The second kappa shape index (κ2) is 10.5. The van der Waals surface area contributed by atoms with Crippen molar-refractivity contribution >= 4 is 35.2 Å². The second-order valence-corrected chi connectivity index (χ2v) is 7.12. The Morgan fingerprint density at radius 2 is 1.77 bits per heavy atom. The molecule has 0 radical (unpaired) electrons. The van der Waals surface area contributed by atoms with Crippen LogP contribution in [0.3, 0.4) is 0 Å². The molecule has 0 fully saturated rings. The van der Waals surface area contributed by atoms with E-state index in [4.69, 9.17) is 31.5 Å². The molecule has 10 heteroatoms. The van der Waals surface area contributed by atoms with Crippen molar-refractivity contribution < 1.29 is 28.6 Å². The van der Waals surface area contributed by atoms with Crippen LogP contribution in [0.15, 0.2) is 42.5 Å².